The maximum absolute atomic E-state index is 11.7. The quantitative estimate of drug-likeness (QED) is 0.0634. The minimum atomic E-state index is -0.459. The van der Waals surface area contributed by atoms with Crippen molar-refractivity contribution in [2.24, 2.45) is 0 Å². The standard InChI is InChI=1S/C37H66O8/c1-3-4-10-15-29(38)17-13-14-19-32(41)34-23-25-36(45-34)35-24-22-33(44-35)31(40)18-12-9-7-5-6-8-11-16-30(39)21-20-28-26-27(2)43-37(28)42/h26-27,29-36,38-41H,3-25H2,1-2H3. The second-order valence-corrected chi connectivity index (χ2v) is 14.2. The molecule has 0 aromatic heterocycles. The van der Waals surface area contributed by atoms with Crippen molar-refractivity contribution in [3.8, 4) is 0 Å². The zero-order valence-electron chi connectivity index (χ0n) is 28.5. The molecule has 0 aromatic rings. The molecule has 2 saturated heterocycles. The van der Waals surface area contributed by atoms with E-state index in [-0.39, 0.29) is 48.7 Å². The topological polar surface area (TPSA) is 126 Å². The highest BCUT2D eigenvalue weighted by Gasteiger charge is 2.40. The third-order valence-corrected chi connectivity index (χ3v) is 10.1. The summed E-state index contributed by atoms with van der Waals surface area (Å²) in [5.41, 5.74) is 0.700. The Labute approximate surface area is 273 Å². The molecule has 4 N–H and O–H groups in total. The highest BCUT2D eigenvalue weighted by Crippen LogP contribution is 2.34. The summed E-state index contributed by atoms with van der Waals surface area (Å²) in [7, 11) is 0. The van der Waals surface area contributed by atoms with E-state index in [9.17, 15) is 25.2 Å². The molecular formula is C37H66O8. The highest BCUT2D eigenvalue weighted by atomic mass is 16.6. The zero-order valence-corrected chi connectivity index (χ0v) is 28.5. The fraction of sp³-hybridized carbons (Fsp3) is 0.919. The van der Waals surface area contributed by atoms with Crippen molar-refractivity contribution in [1.82, 2.24) is 0 Å². The molecule has 3 rings (SSSR count). The van der Waals surface area contributed by atoms with Crippen molar-refractivity contribution in [2.75, 3.05) is 0 Å². The zero-order chi connectivity index (χ0) is 32.4. The summed E-state index contributed by atoms with van der Waals surface area (Å²) < 4.78 is 17.6. The van der Waals surface area contributed by atoms with Crippen LogP contribution in [0.25, 0.3) is 0 Å². The second kappa shape index (κ2) is 21.8. The largest absolute Gasteiger partial charge is 0.455 e. The van der Waals surface area contributed by atoms with E-state index in [1.165, 1.54) is 19.3 Å². The molecule has 0 saturated carbocycles. The Morgan fingerprint density at radius 3 is 1.60 bits per heavy atom. The van der Waals surface area contributed by atoms with Gasteiger partial charge in [0.15, 0.2) is 0 Å². The van der Waals surface area contributed by atoms with Gasteiger partial charge in [0.2, 0.25) is 0 Å². The summed E-state index contributed by atoms with van der Waals surface area (Å²) in [5, 5.41) is 41.8. The Kier molecular flexibility index (Phi) is 18.6. The summed E-state index contributed by atoms with van der Waals surface area (Å²) in [6, 6.07) is 0. The maximum atomic E-state index is 11.7. The van der Waals surface area contributed by atoms with E-state index in [1.54, 1.807) is 0 Å². The molecule has 0 aliphatic carbocycles. The van der Waals surface area contributed by atoms with Crippen LogP contribution in [0.15, 0.2) is 11.6 Å². The molecule has 8 nitrogen and oxygen atoms in total. The molecule has 3 aliphatic rings. The number of hydrogen-bond acceptors (Lipinski definition) is 8. The van der Waals surface area contributed by atoms with E-state index in [4.69, 9.17) is 14.2 Å². The first-order valence-electron chi connectivity index (χ1n) is 18.7. The molecule has 0 radical (unpaired) electrons. The van der Waals surface area contributed by atoms with Crippen LogP contribution in [0, 0.1) is 0 Å². The van der Waals surface area contributed by atoms with Gasteiger partial charge in [-0.15, -0.1) is 0 Å². The van der Waals surface area contributed by atoms with Crippen LogP contribution in [0.5, 0.6) is 0 Å². The Hall–Kier alpha value is -1.03. The van der Waals surface area contributed by atoms with Gasteiger partial charge >= 0.3 is 5.97 Å². The summed E-state index contributed by atoms with van der Waals surface area (Å²) in [5.74, 6) is -0.237. The van der Waals surface area contributed by atoms with Gasteiger partial charge in [0.25, 0.3) is 0 Å². The third kappa shape index (κ3) is 14.7. The monoisotopic (exact) mass is 638 g/mol. The van der Waals surface area contributed by atoms with Gasteiger partial charge in [-0.3, -0.25) is 0 Å². The lowest BCUT2D eigenvalue weighted by atomic mass is 9.99. The number of rotatable bonds is 25. The van der Waals surface area contributed by atoms with Crippen molar-refractivity contribution < 1.29 is 39.4 Å². The molecule has 0 aromatic carbocycles. The minimum Gasteiger partial charge on any atom is -0.455 e. The first-order valence-corrected chi connectivity index (χ1v) is 18.7. The predicted octanol–water partition coefficient (Wildman–Crippen LogP) is 6.83. The lowest BCUT2D eigenvalue weighted by Gasteiger charge is -2.24. The van der Waals surface area contributed by atoms with Gasteiger partial charge in [0.05, 0.1) is 48.8 Å². The van der Waals surface area contributed by atoms with Crippen LogP contribution in [0.2, 0.25) is 0 Å². The Bertz CT molecular complexity index is 833. The van der Waals surface area contributed by atoms with Gasteiger partial charge in [-0.2, -0.15) is 0 Å². The van der Waals surface area contributed by atoms with Gasteiger partial charge in [-0.25, -0.2) is 4.79 Å². The summed E-state index contributed by atoms with van der Waals surface area (Å²) in [6.07, 6.45) is 21.8. The molecule has 2 fully saturated rings. The van der Waals surface area contributed by atoms with Crippen LogP contribution in [0.1, 0.15) is 162 Å². The van der Waals surface area contributed by atoms with Crippen molar-refractivity contribution in [3.63, 3.8) is 0 Å². The SMILES string of the molecule is CCCCCC(O)CCCCC(O)C1CCC(C2CCC(C(O)CCCCCCCCCC(O)CCC3=CC(C)OC3=O)O2)O1. The fourth-order valence-corrected chi connectivity index (χ4v) is 7.27. The Morgan fingerprint density at radius 2 is 1.09 bits per heavy atom. The van der Waals surface area contributed by atoms with Crippen molar-refractivity contribution in [2.45, 2.75) is 216 Å². The number of unbranched alkanes of at least 4 members (excludes halogenated alkanes) is 9. The first kappa shape index (κ1) is 38.4. The highest BCUT2D eigenvalue weighted by molar-refractivity contribution is 5.90. The van der Waals surface area contributed by atoms with Gasteiger partial charge in [-0.1, -0.05) is 84.0 Å². The van der Waals surface area contributed by atoms with Crippen molar-refractivity contribution in [1.29, 1.82) is 0 Å². The van der Waals surface area contributed by atoms with Crippen LogP contribution < -0.4 is 0 Å². The van der Waals surface area contributed by atoms with E-state index < -0.39 is 12.2 Å². The molecule has 8 heteroatoms. The molecule has 262 valence electrons. The molecule has 0 amide bonds. The van der Waals surface area contributed by atoms with E-state index in [0.29, 0.717) is 24.8 Å². The van der Waals surface area contributed by atoms with Gasteiger partial charge < -0.3 is 34.6 Å². The fourth-order valence-electron chi connectivity index (χ4n) is 7.27. The van der Waals surface area contributed by atoms with Crippen LogP contribution in [-0.2, 0) is 19.0 Å². The molecule has 0 spiro atoms. The lowest BCUT2D eigenvalue weighted by Crippen LogP contribution is -2.33. The normalized spacial score (nSPS) is 27.8. The van der Waals surface area contributed by atoms with Gasteiger partial charge in [0.1, 0.15) is 6.10 Å². The average molecular weight is 639 g/mol. The van der Waals surface area contributed by atoms with Gasteiger partial charge in [0, 0.05) is 5.57 Å². The number of hydrogen-bond donors (Lipinski definition) is 4. The maximum Gasteiger partial charge on any atom is 0.334 e. The average Bonchev–Trinajstić information content (AvgIpc) is 3.77. The molecule has 9 unspecified atom stereocenters. The smallest absolute Gasteiger partial charge is 0.334 e. The predicted molar refractivity (Wildman–Crippen MR) is 177 cm³/mol. The number of aliphatic hydroxyl groups is 4. The van der Waals surface area contributed by atoms with Crippen molar-refractivity contribution in [3.05, 3.63) is 11.6 Å². The van der Waals surface area contributed by atoms with Crippen molar-refractivity contribution >= 4 is 5.97 Å². The van der Waals surface area contributed by atoms with E-state index in [0.717, 1.165) is 109 Å². The minimum absolute atomic E-state index is 0.00987. The molecule has 0 bridgehead atoms. The first-order chi connectivity index (χ1) is 21.8. The van der Waals surface area contributed by atoms with Crippen LogP contribution >= 0.6 is 0 Å². The Balaban J connectivity index is 1.14. The lowest BCUT2D eigenvalue weighted by molar-refractivity contribution is -0.139. The van der Waals surface area contributed by atoms with Crippen LogP contribution in [0.4, 0.5) is 0 Å². The number of carbonyl (C=O) groups is 1. The number of aliphatic hydroxyl groups excluding tert-OH is 4. The van der Waals surface area contributed by atoms with Crippen LogP contribution in [-0.4, -0.2) is 81.3 Å². The number of ether oxygens (including phenoxy) is 3. The van der Waals surface area contributed by atoms with E-state index in [2.05, 4.69) is 6.92 Å². The van der Waals surface area contributed by atoms with Gasteiger partial charge in [-0.05, 0) is 83.6 Å². The second-order valence-electron chi connectivity index (χ2n) is 14.2. The summed E-state index contributed by atoms with van der Waals surface area (Å²) in [4.78, 5) is 11.7. The summed E-state index contributed by atoms with van der Waals surface area (Å²) in [6.45, 7) is 4.03. The Morgan fingerprint density at radius 1 is 0.644 bits per heavy atom. The van der Waals surface area contributed by atoms with Crippen LogP contribution in [0.3, 0.4) is 0 Å². The number of cyclic esters (lactones) is 1. The molecule has 45 heavy (non-hydrogen) atoms. The molecule has 9 atom stereocenters. The van der Waals surface area contributed by atoms with E-state index >= 15 is 0 Å². The molecular weight excluding hydrogens is 572 g/mol. The number of esters is 1. The third-order valence-electron chi connectivity index (χ3n) is 10.1. The van der Waals surface area contributed by atoms with E-state index in [1.807, 2.05) is 13.0 Å². The summed E-state index contributed by atoms with van der Waals surface area (Å²) >= 11 is 0. The number of carbonyl (C=O) groups excluding carboxylic acids is 1. The molecule has 3 heterocycles. The molecule has 3 aliphatic heterocycles.